The number of nitrogen functional groups attached to an aromatic ring is 1. The zero-order valence-corrected chi connectivity index (χ0v) is 9.04. The summed E-state index contributed by atoms with van der Waals surface area (Å²) in [7, 11) is 1.51. The second kappa shape index (κ2) is 3.81. The van der Waals surface area contributed by atoms with Crippen LogP contribution in [0.1, 0.15) is 6.42 Å². The van der Waals surface area contributed by atoms with Gasteiger partial charge in [0.15, 0.2) is 0 Å². The number of benzene rings is 1. The zero-order chi connectivity index (χ0) is 11.8. The molecule has 1 aromatic carbocycles. The van der Waals surface area contributed by atoms with Crippen molar-refractivity contribution in [1.29, 1.82) is 0 Å². The fourth-order valence-electron chi connectivity index (χ4n) is 1.85. The van der Waals surface area contributed by atoms with Crippen molar-refractivity contribution in [2.24, 2.45) is 0 Å². The number of rotatable bonds is 2. The Morgan fingerprint density at radius 1 is 1.44 bits per heavy atom. The normalized spacial score (nSPS) is 18.8. The number of halogens is 2. The summed E-state index contributed by atoms with van der Waals surface area (Å²) in [5.41, 5.74) is 6.90. The molecule has 0 bridgehead atoms. The maximum atomic E-state index is 13.0. The smallest absolute Gasteiger partial charge is 0.266 e. The molecule has 3 nitrogen and oxygen atoms in total. The standard InChI is InChI=1S/C11H14F2N2O/c1-16-10-6-8(2-3-9(10)14)15-5-4-11(12,13)7-15/h2-3,6H,4-5,7,14H2,1H3. The van der Waals surface area contributed by atoms with Crippen LogP contribution in [0.3, 0.4) is 0 Å². The largest absolute Gasteiger partial charge is 0.495 e. The van der Waals surface area contributed by atoms with Gasteiger partial charge in [0, 0.05) is 24.7 Å². The lowest BCUT2D eigenvalue weighted by Crippen LogP contribution is -2.24. The number of nitrogens with two attached hydrogens (primary N) is 1. The van der Waals surface area contributed by atoms with E-state index < -0.39 is 5.92 Å². The van der Waals surface area contributed by atoms with Crippen molar-refractivity contribution in [2.75, 3.05) is 30.8 Å². The molecule has 1 saturated heterocycles. The molecule has 0 unspecified atom stereocenters. The molecule has 0 saturated carbocycles. The van der Waals surface area contributed by atoms with Gasteiger partial charge in [-0.15, -0.1) is 0 Å². The Labute approximate surface area is 92.8 Å². The van der Waals surface area contributed by atoms with E-state index in [2.05, 4.69) is 0 Å². The molecule has 1 heterocycles. The summed E-state index contributed by atoms with van der Waals surface area (Å²) in [5.74, 6) is -2.07. The van der Waals surface area contributed by atoms with Gasteiger partial charge in [-0.05, 0) is 12.1 Å². The molecule has 0 spiro atoms. The third-order valence-electron chi connectivity index (χ3n) is 2.75. The van der Waals surface area contributed by atoms with Gasteiger partial charge in [0.05, 0.1) is 19.3 Å². The van der Waals surface area contributed by atoms with Crippen LogP contribution in [0.2, 0.25) is 0 Å². The van der Waals surface area contributed by atoms with Crippen LogP contribution < -0.4 is 15.4 Å². The Bertz CT molecular complexity index is 396. The molecule has 0 aromatic heterocycles. The second-order valence-electron chi connectivity index (χ2n) is 3.95. The fourth-order valence-corrected chi connectivity index (χ4v) is 1.85. The first kappa shape index (κ1) is 11.0. The number of nitrogens with zero attached hydrogens (tertiary/aromatic N) is 1. The minimum atomic E-state index is -2.59. The Kier molecular flexibility index (Phi) is 2.61. The molecule has 0 atom stereocenters. The van der Waals surface area contributed by atoms with Gasteiger partial charge < -0.3 is 15.4 Å². The summed E-state index contributed by atoms with van der Waals surface area (Å²) in [4.78, 5) is 1.64. The predicted molar refractivity (Wildman–Crippen MR) is 59.2 cm³/mol. The third kappa shape index (κ3) is 2.03. The van der Waals surface area contributed by atoms with Crippen molar-refractivity contribution in [3.63, 3.8) is 0 Å². The van der Waals surface area contributed by atoms with Gasteiger partial charge in [0.1, 0.15) is 5.75 Å². The number of ether oxygens (including phenoxy) is 1. The minimum Gasteiger partial charge on any atom is -0.495 e. The van der Waals surface area contributed by atoms with E-state index in [4.69, 9.17) is 10.5 Å². The molecule has 16 heavy (non-hydrogen) atoms. The van der Waals surface area contributed by atoms with Gasteiger partial charge in [0.25, 0.3) is 5.92 Å². The van der Waals surface area contributed by atoms with Crippen LogP contribution >= 0.6 is 0 Å². The summed E-state index contributed by atoms with van der Waals surface area (Å²) in [6.45, 7) is 0.125. The molecule has 0 aliphatic carbocycles. The third-order valence-corrected chi connectivity index (χ3v) is 2.75. The highest BCUT2D eigenvalue weighted by Gasteiger charge is 2.38. The first-order chi connectivity index (χ1) is 7.52. The van der Waals surface area contributed by atoms with E-state index in [0.29, 0.717) is 18.0 Å². The molecule has 2 N–H and O–H groups in total. The monoisotopic (exact) mass is 228 g/mol. The highest BCUT2D eigenvalue weighted by atomic mass is 19.3. The second-order valence-corrected chi connectivity index (χ2v) is 3.95. The molecule has 1 aliphatic rings. The summed E-state index contributed by atoms with van der Waals surface area (Å²) in [6.07, 6.45) is -0.0975. The van der Waals surface area contributed by atoms with Crippen LogP contribution in [0.15, 0.2) is 18.2 Å². The summed E-state index contributed by atoms with van der Waals surface area (Å²) in [5, 5.41) is 0. The number of anilines is 2. The summed E-state index contributed by atoms with van der Waals surface area (Å²) >= 11 is 0. The minimum absolute atomic E-state index is 0.0975. The van der Waals surface area contributed by atoms with Crippen molar-refractivity contribution >= 4 is 11.4 Å². The van der Waals surface area contributed by atoms with Crippen molar-refractivity contribution in [3.8, 4) is 5.75 Å². The molecule has 88 valence electrons. The molecule has 2 rings (SSSR count). The fraction of sp³-hybridized carbons (Fsp3) is 0.455. The summed E-state index contributed by atoms with van der Waals surface area (Å²) < 4.78 is 31.1. The average Bonchev–Trinajstić information content (AvgIpc) is 2.59. The van der Waals surface area contributed by atoms with Crippen LogP contribution in [0, 0.1) is 0 Å². The lowest BCUT2D eigenvalue weighted by molar-refractivity contribution is 0.0257. The van der Waals surface area contributed by atoms with Crippen LogP contribution in [0.4, 0.5) is 20.2 Å². The van der Waals surface area contributed by atoms with E-state index in [1.165, 1.54) is 7.11 Å². The highest BCUT2D eigenvalue weighted by Crippen LogP contribution is 2.34. The van der Waals surface area contributed by atoms with Gasteiger partial charge in [0.2, 0.25) is 0 Å². The number of alkyl halides is 2. The quantitative estimate of drug-likeness (QED) is 0.788. The molecule has 1 aromatic rings. The molecule has 0 amide bonds. The van der Waals surface area contributed by atoms with Crippen LogP contribution in [-0.2, 0) is 0 Å². The van der Waals surface area contributed by atoms with Crippen LogP contribution in [-0.4, -0.2) is 26.1 Å². The zero-order valence-electron chi connectivity index (χ0n) is 9.04. The maximum absolute atomic E-state index is 13.0. The van der Waals surface area contributed by atoms with Crippen molar-refractivity contribution in [1.82, 2.24) is 0 Å². The lowest BCUT2D eigenvalue weighted by Gasteiger charge is -2.19. The molecule has 1 fully saturated rings. The summed E-state index contributed by atoms with van der Waals surface area (Å²) in [6, 6.07) is 5.10. The van der Waals surface area contributed by atoms with Crippen molar-refractivity contribution < 1.29 is 13.5 Å². The van der Waals surface area contributed by atoms with Crippen molar-refractivity contribution in [2.45, 2.75) is 12.3 Å². The van der Waals surface area contributed by atoms with E-state index in [9.17, 15) is 8.78 Å². The Morgan fingerprint density at radius 3 is 2.75 bits per heavy atom. The molecule has 0 radical (unpaired) electrons. The van der Waals surface area contributed by atoms with Gasteiger partial charge in [-0.2, -0.15) is 0 Å². The van der Waals surface area contributed by atoms with Crippen LogP contribution in [0.25, 0.3) is 0 Å². The topological polar surface area (TPSA) is 38.5 Å². The Hall–Kier alpha value is -1.52. The maximum Gasteiger partial charge on any atom is 0.266 e. The van der Waals surface area contributed by atoms with E-state index in [0.717, 1.165) is 5.69 Å². The van der Waals surface area contributed by atoms with Gasteiger partial charge >= 0.3 is 0 Å². The van der Waals surface area contributed by atoms with Gasteiger partial charge in [-0.3, -0.25) is 0 Å². The lowest BCUT2D eigenvalue weighted by atomic mass is 10.2. The predicted octanol–water partition coefficient (Wildman–Crippen LogP) is 2.12. The highest BCUT2D eigenvalue weighted by molar-refractivity contribution is 5.62. The number of methoxy groups -OCH3 is 1. The average molecular weight is 228 g/mol. The van der Waals surface area contributed by atoms with Crippen LogP contribution in [0.5, 0.6) is 5.75 Å². The Morgan fingerprint density at radius 2 is 2.19 bits per heavy atom. The SMILES string of the molecule is COc1cc(N2CCC(F)(F)C2)ccc1N. The molecule has 1 aliphatic heterocycles. The first-order valence-electron chi connectivity index (χ1n) is 5.08. The van der Waals surface area contributed by atoms with E-state index in [-0.39, 0.29) is 13.0 Å². The van der Waals surface area contributed by atoms with Gasteiger partial charge in [-0.1, -0.05) is 0 Å². The molecular formula is C11H14F2N2O. The Balaban J connectivity index is 2.22. The number of hydrogen-bond acceptors (Lipinski definition) is 3. The van der Waals surface area contributed by atoms with E-state index in [1.807, 2.05) is 0 Å². The molecular weight excluding hydrogens is 214 g/mol. The molecule has 5 heteroatoms. The van der Waals surface area contributed by atoms with Gasteiger partial charge in [-0.25, -0.2) is 8.78 Å². The van der Waals surface area contributed by atoms with Crippen molar-refractivity contribution in [3.05, 3.63) is 18.2 Å². The van der Waals surface area contributed by atoms with E-state index >= 15 is 0 Å². The number of hydrogen-bond donors (Lipinski definition) is 1. The van der Waals surface area contributed by atoms with E-state index in [1.54, 1.807) is 23.1 Å². The first-order valence-corrected chi connectivity index (χ1v) is 5.08.